The molecule has 0 aromatic heterocycles. The van der Waals surface area contributed by atoms with Crippen LogP contribution in [-0.4, -0.2) is 58.7 Å². The molecule has 0 aliphatic heterocycles. The molecule has 0 fully saturated rings. The van der Waals surface area contributed by atoms with Crippen LogP contribution in [0.25, 0.3) is 11.1 Å². The average molecular weight is 567 g/mol. The molecule has 0 radical (unpaired) electrons. The molecule has 0 atom stereocenters. The quantitative estimate of drug-likeness (QED) is 0.281. The topological polar surface area (TPSA) is 84.0 Å². The Balaban J connectivity index is 2.60. The Bertz CT molecular complexity index is 1230. The number of nitrogens with zero attached hydrogens (tertiary/aromatic N) is 2. The molecule has 0 saturated heterocycles. The van der Waals surface area contributed by atoms with Gasteiger partial charge in [0.1, 0.15) is 5.75 Å². The molecule has 0 aliphatic rings. The van der Waals surface area contributed by atoms with E-state index in [9.17, 15) is 16.8 Å². The van der Waals surface area contributed by atoms with Crippen molar-refractivity contribution in [1.29, 1.82) is 0 Å². The number of rotatable bonds is 14. The summed E-state index contributed by atoms with van der Waals surface area (Å²) in [4.78, 5) is 0.344. The molecule has 38 heavy (non-hydrogen) atoms. The second-order valence-corrected chi connectivity index (χ2v) is 15.5. The van der Waals surface area contributed by atoms with Crippen molar-refractivity contribution >= 4 is 20.0 Å². The lowest BCUT2D eigenvalue weighted by atomic mass is 10.1. The molecular formula is C29H46N2O5S2. The molecule has 9 heteroatoms. The standard InChI is InChI=1S/C29H46N2O5S2/c1-21(2)17-30(18-22(3)4)37(32,33)27-13-10-25(11-14-27)28-15-12-26(36-9)16-29(28)38(34,35)31(19-23(5)6)20-24(7)8/h10-16,21-24H,17-20H2,1-9H3. The van der Waals surface area contributed by atoms with Crippen LogP contribution in [0.15, 0.2) is 52.3 Å². The zero-order chi connectivity index (χ0) is 28.8. The van der Waals surface area contributed by atoms with Crippen molar-refractivity contribution in [2.75, 3.05) is 33.3 Å². The molecule has 0 N–H and O–H groups in total. The fraction of sp³-hybridized carbons (Fsp3) is 0.586. The highest BCUT2D eigenvalue weighted by Gasteiger charge is 2.30. The first-order chi connectivity index (χ1) is 17.6. The maximum absolute atomic E-state index is 14.0. The third-order valence-electron chi connectivity index (χ3n) is 5.88. The van der Waals surface area contributed by atoms with Gasteiger partial charge in [0.25, 0.3) is 0 Å². The monoisotopic (exact) mass is 566 g/mol. The number of sulfonamides is 2. The van der Waals surface area contributed by atoms with Crippen LogP contribution in [0.4, 0.5) is 0 Å². The molecule has 0 amide bonds. The summed E-state index contributed by atoms with van der Waals surface area (Å²) in [6.45, 7) is 17.7. The van der Waals surface area contributed by atoms with Gasteiger partial charge in [0, 0.05) is 37.8 Å². The predicted molar refractivity (Wildman–Crippen MR) is 155 cm³/mol. The van der Waals surface area contributed by atoms with E-state index in [-0.39, 0.29) is 33.5 Å². The summed E-state index contributed by atoms with van der Waals surface area (Å²) in [6.07, 6.45) is 0. The van der Waals surface area contributed by atoms with E-state index in [4.69, 9.17) is 4.74 Å². The van der Waals surface area contributed by atoms with Gasteiger partial charge in [0.15, 0.2) is 0 Å². The van der Waals surface area contributed by atoms with E-state index < -0.39 is 20.0 Å². The molecule has 214 valence electrons. The van der Waals surface area contributed by atoms with Gasteiger partial charge in [0.2, 0.25) is 20.0 Å². The number of hydrogen-bond acceptors (Lipinski definition) is 5. The Kier molecular flexibility index (Phi) is 11.4. The van der Waals surface area contributed by atoms with Crippen LogP contribution in [0.2, 0.25) is 0 Å². The molecule has 0 bridgehead atoms. The fourth-order valence-electron chi connectivity index (χ4n) is 4.35. The number of hydrogen-bond donors (Lipinski definition) is 0. The minimum Gasteiger partial charge on any atom is -0.497 e. The van der Waals surface area contributed by atoms with Gasteiger partial charge in [-0.05, 0) is 53.5 Å². The molecule has 2 aromatic carbocycles. The Labute approximate surface area is 231 Å². The zero-order valence-corrected chi connectivity index (χ0v) is 26.1. The van der Waals surface area contributed by atoms with Crippen LogP contribution in [0.5, 0.6) is 5.75 Å². The first-order valence-corrected chi connectivity index (χ1v) is 16.3. The fourth-order valence-corrected chi connectivity index (χ4v) is 8.11. The van der Waals surface area contributed by atoms with Crippen molar-refractivity contribution in [3.8, 4) is 16.9 Å². The van der Waals surface area contributed by atoms with E-state index in [1.807, 2.05) is 55.4 Å². The highest BCUT2D eigenvalue weighted by molar-refractivity contribution is 7.89. The second kappa shape index (κ2) is 13.4. The smallest absolute Gasteiger partial charge is 0.243 e. The Morgan fingerprint density at radius 3 is 1.45 bits per heavy atom. The van der Waals surface area contributed by atoms with E-state index in [0.29, 0.717) is 43.1 Å². The predicted octanol–water partition coefficient (Wildman–Crippen LogP) is 5.97. The molecule has 7 nitrogen and oxygen atoms in total. The van der Waals surface area contributed by atoms with Gasteiger partial charge in [-0.25, -0.2) is 16.8 Å². The van der Waals surface area contributed by atoms with Gasteiger partial charge in [-0.2, -0.15) is 8.61 Å². The lowest BCUT2D eigenvalue weighted by molar-refractivity contribution is 0.333. The molecule has 0 heterocycles. The minimum atomic E-state index is -3.85. The third kappa shape index (κ3) is 8.28. The highest BCUT2D eigenvalue weighted by atomic mass is 32.2. The normalized spacial score (nSPS) is 13.0. The molecule has 0 unspecified atom stereocenters. The summed E-state index contributed by atoms with van der Waals surface area (Å²) in [7, 11) is -6.04. The van der Waals surface area contributed by atoms with E-state index in [2.05, 4.69) is 0 Å². The van der Waals surface area contributed by atoms with E-state index in [0.717, 1.165) is 0 Å². The highest BCUT2D eigenvalue weighted by Crippen LogP contribution is 2.34. The molecule has 2 rings (SSSR count). The first-order valence-electron chi connectivity index (χ1n) is 13.4. The number of ether oxygens (including phenoxy) is 1. The molecular weight excluding hydrogens is 520 g/mol. The molecule has 0 saturated carbocycles. The largest absolute Gasteiger partial charge is 0.497 e. The Morgan fingerprint density at radius 1 is 0.632 bits per heavy atom. The van der Waals surface area contributed by atoms with Gasteiger partial charge in [-0.1, -0.05) is 67.5 Å². The van der Waals surface area contributed by atoms with Crippen LogP contribution in [-0.2, 0) is 20.0 Å². The summed E-state index contributed by atoms with van der Waals surface area (Å²) in [5.41, 5.74) is 1.13. The first kappa shape index (κ1) is 32.3. The van der Waals surface area contributed by atoms with Crippen molar-refractivity contribution in [1.82, 2.24) is 8.61 Å². The van der Waals surface area contributed by atoms with E-state index in [1.165, 1.54) is 15.7 Å². The van der Waals surface area contributed by atoms with Crippen molar-refractivity contribution in [2.45, 2.75) is 65.2 Å². The van der Waals surface area contributed by atoms with Crippen LogP contribution >= 0.6 is 0 Å². The SMILES string of the molecule is COc1ccc(-c2ccc(S(=O)(=O)N(CC(C)C)CC(C)C)cc2)c(S(=O)(=O)N(CC(C)C)CC(C)C)c1. The van der Waals surface area contributed by atoms with Crippen LogP contribution in [0.1, 0.15) is 55.4 Å². The third-order valence-corrected chi connectivity index (χ3v) is 9.60. The van der Waals surface area contributed by atoms with Crippen molar-refractivity contribution in [3.63, 3.8) is 0 Å². The molecule has 0 spiro atoms. The lowest BCUT2D eigenvalue weighted by Crippen LogP contribution is -2.37. The second-order valence-electron chi connectivity index (χ2n) is 11.6. The van der Waals surface area contributed by atoms with E-state index >= 15 is 0 Å². The summed E-state index contributed by atoms with van der Waals surface area (Å²) >= 11 is 0. The molecule has 2 aromatic rings. The maximum Gasteiger partial charge on any atom is 0.243 e. The van der Waals surface area contributed by atoms with Gasteiger partial charge < -0.3 is 4.74 Å². The summed E-state index contributed by atoms with van der Waals surface area (Å²) in [5.74, 6) is 1.13. The van der Waals surface area contributed by atoms with Gasteiger partial charge in [-0.15, -0.1) is 0 Å². The number of benzene rings is 2. The summed E-state index contributed by atoms with van der Waals surface area (Å²) in [5, 5.41) is 0. The molecule has 0 aliphatic carbocycles. The van der Waals surface area contributed by atoms with Crippen LogP contribution in [0.3, 0.4) is 0 Å². The zero-order valence-electron chi connectivity index (χ0n) is 24.4. The summed E-state index contributed by atoms with van der Waals surface area (Å²) in [6, 6.07) is 11.5. The van der Waals surface area contributed by atoms with Gasteiger partial charge in [0.05, 0.1) is 16.9 Å². The maximum atomic E-state index is 14.0. The Morgan fingerprint density at radius 2 is 1.05 bits per heavy atom. The average Bonchev–Trinajstić information content (AvgIpc) is 2.81. The number of methoxy groups -OCH3 is 1. The van der Waals surface area contributed by atoms with E-state index in [1.54, 1.807) is 42.5 Å². The van der Waals surface area contributed by atoms with Crippen LogP contribution < -0.4 is 4.74 Å². The van der Waals surface area contributed by atoms with Crippen molar-refractivity contribution < 1.29 is 21.6 Å². The Hall–Kier alpha value is -1.94. The summed E-state index contributed by atoms with van der Waals surface area (Å²) < 4.78 is 63.3. The van der Waals surface area contributed by atoms with Crippen molar-refractivity contribution in [2.24, 2.45) is 23.7 Å². The lowest BCUT2D eigenvalue weighted by Gasteiger charge is -2.27. The van der Waals surface area contributed by atoms with Gasteiger partial charge in [-0.3, -0.25) is 0 Å². The van der Waals surface area contributed by atoms with Gasteiger partial charge >= 0.3 is 0 Å². The van der Waals surface area contributed by atoms with Crippen LogP contribution in [0, 0.1) is 23.7 Å². The minimum absolute atomic E-state index is 0.148. The van der Waals surface area contributed by atoms with Crippen molar-refractivity contribution in [3.05, 3.63) is 42.5 Å².